The minimum absolute atomic E-state index is 0.205. The molecule has 0 saturated heterocycles. The van der Waals surface area contributed by atoms with Crippen LogP contribution in [0.15, 0.2) is 42.7 Å². The van der Waals surface area contributed by atoms with E-state index in [1.807, 2.05) is 6.07 Å². The number of benzene rings is 2. The van der Waals surface area contributed by atoms with Crippen LogP contribution in [0.1, 0.15) is 30.5 Å². The molecule has 4 nitrogen and oxygen atoms in total. The van der Waals surface area contributed by atoms with E-state index in [-0.39, 0.29) is 6.04 Å². The fraction of sp³-hybridized carbons (Fsp3) is 0.263. The molecule has 0 aliphatic carbocycles. The predicted molar refractivity (Wildman–Crippen MR) is 105 cm³/mol. The lowest BCUT2D eigenvalue weighted by molar-refractivity contribution is 0.271. The summed E-state index contributed by atoms with van der Waals surface area (Å²) in [5.41, 5.74) is 3.45. The number of aromatic nitrogens is 2. The number of ether oxygens (including phenoxy) is 1. The van der Waals surface area contributed by atoms with Gasteiger partial charge in [0.2, 0.25) is 0 Å². The Morgan fingerprint density at radius 2 is 2.17 bits per heavy atom. The number of hydrogen-bond acceptors (Lipinski definition) is 4. The Balaban J connectivity index is 1.74. The third-order valence-corrected chi connectivity index (χ3v) is 5.12. The number of para-hydroxylation sites is 1. The lowest BCUT2D eigenvalue weighted by atomic mass is 9.96. The van der Waals surface area contributed by atoms with E-state index in [0.29, 0.717) is 0 Å². The van der Waals surface area contributed by atoms with E-state index in [1.54, 1.807) is 6.33 Å². The highest BCUT2D eigenvalue weighted by molar-refractivity contribution is 14.1. The Kier molecular flexibility index (Phi) is 4.26. The molecule has 1 aliphatic heterocycles. The molecule has 0 spiro atoms. The van der Waals surface area contributed by atoms with Crippen molar-refractivity contribution in [1.82, 2.24) is 9.97 Å². The zero-order valence-corrected chi connectivity index (χ0v) is 15.6. The SMILES string of the molecule is CCc1cccc2c1OCCC2Nc1ncnc2ccc(I)cc12. The molecule has 3 aromatic rings. The first-order chi connectivity index (χ1) is 11.8. The molecular formula is C19H18IN3O. The fourth-order valence-electron chi connectivity index (χ4n) is 3.23. The lowest BCUT2D eigenvalue weighted by Crippen LogP contribution is -2.21. The molecule has 0 bridgehead atoms. The van der Waals surface area contributed by atoms with Crippen LogP contribution >= 0.6 is 22.6 Å². The normalized spacial score (nSPS) is 16.5. The first-order valence-corrected chi connectivity index (χ1v) is 9.25. The summed E-state index contributed by atoms with van der Waals surface area (Å²) in [4.78, 5) is 8.86. The summed E-state index contributed by atoms with van der Waals surface area (Å²) in [7, 11) is 0. The highest BCUT2D eigenvalue weighted by atomic mass is 127. The van der Waals surface area contributed by atoms with Crippen molar-refractivity contribution in [3.05, 3.63) is 57.4 Å². The minimum Gasteiger partial charge on any atom is -0.493 e. The fourth-order valence-corrected chi connectivity index (χ4v) is 3.72. The molecule has 4 rings (SSSR count). The van der Waals surface area contributed by atoms with Crippen molar-refractivity contribution in [3.63, 3.8) is 0 Å². The monoisotopic (exact) mass is 431 g/mol. The number of nitrogens with zero attached hydrogens (tertiary/aromatic N) is 2. The molecule has 0 fully saturated rings. The van der Waals surface area contributed by atoms with Crippen LogP contribution < -0.4 is 10.1 Å². The van der Waals surface area contributed by atoms with Gasteiger partial charge in [0.25, 0.3) is 0 Å². The van der Waals surface area contributed by atoms with Gasteiger partial charge in [-0.25, -0.2) is 9.97 Å². The number of nitrogens with one attached hydrogen (secondary N) is 1. The number of aryl methyl sites for hydroxylation is 1. The van der Waals surface area contributed by atoms with Gasteiger partial charge in [0.1, 0.15) is 17.9 Å². The summed E-state index contributed by atoms with van der Waals surface area (Å²) in [6.45, 7) is 2.89. The summed E-state index contributed by atoms with van der Waals surface area (Å²) in [5, 5.41) is 4.68. The van der Waals surface area contributed by atoms with Crippen LogP contribution in [0.3, 0.4) is 0 Å². The number of halogens is 1. The van der Waals surface area contributed by atoms with Gasteiger partial charge in [-0.15, -0.1) is 0 Å². The Labute approximate surface area is 154 Å². The van der Waals surface area contributed by atoms with Crippen molar-refractivity contribution in [2.24, 2.45) is 0 Å². The Morgan fingerprint density at radius 1 is 1.25 bits per heavy atom. The summed E-state index contributed by atoms with van der Waals surface area (Å²) in [5.74, 6) is 1.93. The van der Waals surface area contributed by atoms with Crippen molar-refractivity contribution in [2.45, 2.75) is 25.8 Å². The predicted octanol–water partition coefficient (Wildman–Crippen LogP) is 4.73. The zero-order valence-electron chi connectivity index (χ0n) is 13.4. The Hall–Kier alpha value is -1.89. The van der Waals surface area contributed by atoms with Gasteiger partial charge in [-0.05, 0) is 52.8 Å². The average Bonchev–Trinajstić information content (AvgIpc) is 2.62. The van der Waals surface area contributed by atoms with Crippen LogP contribution in [0, 0.1) is 3.57 Å². The van der Waals surface area contributed by atoms with Gasteiger partial charge in [-0.1, -0.05) is 25.1 Å². The zero-order chi connectivity index (χ0) is 16.5. The largest absolute Gasteiger partial charge is 0.493 e. The number of hydrogen-bond donors (Lipinski definition) is 1. The molecule has 1 aromatic heterocycles. The first-order valence-electron chi connectivity index (χ1n) is 8.17. The second kappa shape index (κ2) is 6.55. The molecule has 1 aliphatic rings. The van der Waals surface area contributed by atoms with E-state index in [0.717, 1.165) is 41.9 Å². The molecule has 0 saturated carbocycles. The van der Waals surface area contributed by atoms with E-state index >= 15 is 0 Å². The highest BCUT2D eigenvalue weighted by Gasteiger charge is 2.24. The maximum absolute atomic E-state index is 5.95. The second-order valence-electron chi connectivity index (χ2n) is 5.91. The quantitative estimate of drug-likeness (QED) is 0.610. The molecule has 1 atom stereocenters. The summed E-state index contributed by atoms with van der Waals surface area (Å²) in [6.07, 6.45) is 3.53. The number of fused-ring (bicyclic) bond motifs is 2. The number of anilines is 1. The van der Waals surface area contributed by atoms with Crippen molar-refractivity contribution in [3.8, 4) is 5.75 Å². The standard InChI is InChI=1S/C19H18IN3O/c1-2-12-4-3-5-14-17(8-9-24-18(12)14)23-19-15-10-13(20)6-7-16(15)21-11-22-19/h3-7,10-11,17H,2,8-9H2,1H3,(H,21,22,23). The van der Waals surface area contributed by atoms with Gasteiger partial charge in [0.15, 0.2) is 0 Å². The molecule has 5 heteroatoms. The summed E-state index contributed by atoms with van der Waals surface area (Å²) < 4.78 is 7.13. The maximum atomic E-state index is 5.95. The molecule has 1 N–H and O–H groups in total. The van der Waals surface area contributed by atoms with Gasteiger partial charge in [-0.2, -0.15) is 0 Å². The van der Waals surface area contributed by atoms with E-state index < -0.39 is 0 Å². The maximum Gasteiger partial charge on any atom is 0.137 e. The lowest BCUT2D eigenvalue weighted by Gasteiger charge is -2.29. The van der Waals surface area contributed by atoms with Crippen LogP contribution in [0.2, 0.25) is 0 Å². The minimum atomic E-state index is 0.205. The second-order valence-corrected chi connectivity index (χ2v) is 7.15. The van der Waals surface area contributed by atoms with E-state index in [4.69, 9.17) is 4.74 Å². The Bertz CT molecular complexity index is 897. The van der Waals surface area contributed by atoms with Crippen LogP contribution in [0.5, 0.6) is 5.75 Å². The molecule has 2 aromatic carbocycles. The van der Waals surface area contributed by atoms with E-state index in [9.17, 15) is 0 Å². The van der Waals surface area contributed by atoms with Crippen molar-refractivity contribution in [1.29, 1.82) is 0 Å². The molecule has 1 unspecified atom stereocenters. The molecule has 122 valence electrons. The topological polar surface area (TPSA) is 47.0 Å². The molecule has 24 heavy (non-hydrogen) atoms. The molecule has 0 amide bonds. The van der Waals surface area contributed by atoms with Crippen molar-refractivity contribution >= 4 is 39.3 Å². The van der Waals surface area contributed by atoms with E-state index in [2.05, 4.69) is 75.1 Å². The van der Waals surface area contributed by atoms with E-state index in [1.165, 1.54) is 14.7 Å². The van der Waals surface area contributed by atoms with Crippen LogP contribution in [-0.4, -0.2) is 16.6 Å². The third kappa shape index (κ3) is 2.81. The van der Waals surface area contributed by atoms with Crippen LogP contribution in [0.4, 0.5) is 5.82 Å². The van der Waals surface area contributed by atoms with Gasteiger partial charge in [0.05, 0.1) is 18.2 Å². The third-order valence-electron chi connectivity index (χ3n) is 4.44. The summed E-state index contributed by atoms with van der Waals surface area (Å²) >= 11 is 2.32. The van der Waals surface area contributed by atoms with Gasteiger partial charge >= 0.3 is 0 Å². The van der Waals surface area contributed by atoms with Crippen LogP contribution in [-0.2, 0) is 6.42 Å². The molecular weight excluding hydrogens is 413 g/mol. The summed E-state index contributed by atoms with van der Waals surface area (Å²) in [6, 6.07) is 12.8. The van der Waals surface area contributed by atoms with Gasteiger partial charge in [0, 0.05) is 20.9 Å². The Morgan fingerprint density at radius 3 is 3.04 bits per heavy atom. The number of rotatable bonds is 3. The smallest absolute Gasteiger partial charge is 0.137 e. The van der Waals surface area contributed by atoms with Crippen molar-refractivity contribution < 1.29 is 4.74 Å². The molecule has 0 radical (unpaired) electrons. The first kappa shape index (κ1) is 15.6. The average molecular weight is 431 g/mol. The van der Waals surface area contributed by atoms with Crippen LogP contribution in [0.25, 0.3) is 10.9 Å². The van der Waals surface area contributed by atoms with Gasteiger partial charge in [-0.3, -0.25) is 0 Å². The van der Waals surface area contributed by atoms with Gasteiger partial charge < -0.3 is 10.1 Å². The highest BCUT2D eigenvalue weighted by Crippen LogP contribution is 2.37. The van der Waals surface area contributed by atoms with Crippen molar-refractivity contribution in [2.75, 3.05) is 11.9 Å². The molecule has 2 heterocycles.